The van der Waals surface area contributed by atoms with Crippen molar-refractivity contribution >= 4 is 11.9 Å². The first kappa shape index (κ1) is 9.03. The third-order valence-corrected chi connectivity index (χ3v) is 2.16. The molecule has 0 aromatic rings. The van der Waals surface area contributed by atoms with Crippen LogP contribution in [0, 0.1) is 5.92 Å². The van der Waals surface area contributed by atoms with E-state index < -0.39 is 12.0 Å². The molecule has 0 aromatic heterocycles. The molecule has 2 atom stereocenters. The third kappa shape index (κ3) is 1.75. The maximum Gasteiger partial charge on any atom is 0.326 e. The fourth-order valence-corrected chi connectivity index (χ4v) is 1.61. The standard InChI is InChI=1S/C8H13NO3/c1-2-3-5-4-6(10)9-7(5)8(11)12/h5,7H,2-4H2,1H3,(H,9,10)(H,11,12)/t5-,7-/m0/s1. The number of hydrogen-bond donors (Lipinski definition) is 2. The largest absolute Gasteiger partial charge is 0.480 e. The van der Waals surface area contributed by atoms with Gasteiger partial charge in [-0.05, 0) is 12.3 Å². The summed E-state index contributed by atoms with van der Waals surface area (Å²) in [5.74, 6) is -1.07. The Balaban J connectivity index is 2.59. The quantitative estimate of drug-likeness (QED) is 0.645. The lowest BCUT2D eigenvalue weighted by atomic mass is 9.96. The normalized spacial score (nSPS) is 28.6. The lowest BCUT2D eigenvalue weighted by Crippen LogP contribution is -2.36. The Bertz CT molecular complexity index is 202. The second-order valence-corrected chi connectivity index (χ2v) is 3.14. The first-order valence-electron chi connectivity index (χ1n) is 4.17. The van der Waals surface area contributed by atoms with Crippen LogP contribution in [0.5, 0.6) is 0 Å². The van der Waals surface area contributed by atoms with Gasteiger partial charge in [-0.3, -0.25) is 4.79 Å². The van der Waals surface area contributed by atoms with E-state index in [1.54, 1.807) is 0 Å². The van der Waals surface area contributed by atoms with E-state index >= 15 is 0 Å². The summed E-state index contributed by atoms with van der Waals surface area (Å²) in [7, 11) is 0. The number of amides is 1. The summed E-state index contributed by atoms with van der Waals surface area (Å²) in [5, 5.41) is 11.2. The number of nitrogens with one attached hydrogen (secondary N) is 1. The molecule has 0 aromatic carbocycles. The minimum absolute atomic E-state index is 0.0139. The average molecular weight is 171 g/mol. The van der Waals surface area contributed by atoms with E-state index in [0.717, 1.165) is 12.8 Å². The number of carbonyl (C=O) groups is 2. The van der Waals surface area contributed by atoms with Crippen LogP contribution in [0.1, 0.15) is 26.2 Å². The highest BCUT2D eigenvalue weighted by atomic mass is 16.4. The van der Waals surface area contributed by atoms with Crippen LogP contribution < -0.4 is 5.32 Å². The molecule has 0 spiro atoms. The minimum Gasteiger partial charge on any atom is -0.480 e. The van der Waals surface area contributed by atoms with Crippen molar-refractivity contribution < 1.29 is 14.7 Å². The van der Waals surface area contributed by atoms with Crippen molar-refractivity contribution in [1.82, 2.24) is 5.32 Å². The van der Waals surface area contributed by atoms with E-state index in [4.69, 9.17) is 5.11 Å². The van der Waals surface area contributed by atoms with Crippen LogP contribution in [0.4, 0.5) is 0 Å². The van der Waals surface area contributed by atoms with Crippen LogP contribution >= 0.6 is 0 Å². The van der Waals surface area contributed by atoms with Gasteiger partial charge in [0.05, 0.1) is 0 Å². The third-order valence-electron chi connectivity index (χ3n) is 2.16. The molecule has 0 bridgehead atoms. The lowest BCUT2D eigenvalue weighted by Gasteiger charge is -2.12. The SMILES string of the molecule is CCC[C@H]1CC(=O)N[C@@H]1C(=O)O. The van der Waals surface area contributed by atoms with E-state index in [0.29, 0.717) is 6.42 Å². The number of hydrogen-bond acceptors (Lipinski definition) is 2. The van der Waals surface area contributed by atoms with Gasteiger partial charge in [-0.15, -0.1) is 0 Å². The molecule has 0 saturated carbocycles. The van der Waals surface area contributed by atoms with Gasteiger partial charge in [0, 0.05) is 6.42 Å². The first-order chi connectivity index (χ1) is 5.65. The molecular weight excluding hydrogens is 158 g/mol. The van der Waals surface area contributed by atoms with Gasteiger partial charge in [0.1, 0.15) is 6.04 Å². The van der Waals surface area contributed by atoms with Gasteiger partial charge >= 0.3 is 5.97 Å². The molecule has 1 rings (SSSR count). The molecule has 1 saturated heterocycles. The van der Waals surface area contributed by atoms with Gasteiger partial charge in [0.25, 0.3) is 0 Å². The molecule has 4 nitrogen and oxygen atoms in total. The van der Waals surface area contributed by atoms with Gasteiger partial charge in [0.2, 0.25) is 5.91 Å². The van der Waals surface area contributed by atoms with Crippen molar-refractivity contribution in [3.8, 4) is 0 Å². The van der Waals surface area contributed by atoms with Gasteiger partial charge in [0.15, 0.2) is 0 Å². The highest BCUT2D eigenvalue weighted by molar-refractivity contribution is 5.87. The molecular formula is C8H13NO3. The summed E-state index contributed by atoms with van der Waals surface area (Å²) >= 11 is 0. The number of carboxylic acid groups (broad SMARTS) is 1. The van der Waals surface area contributed by atoms with E-state index in [9.17, 15) is 9.59 Å². The van der Waals surface area contributed by atoms with Crippen LogP contribution in [0.25, 0.3) is 0 Å². The fourth-order valence-electron chi connectivity index (χ4n) is 1.61. The van der Waals surface area contributed by atoms with Gasteiger partial charge < -0.3 is 10.4 Å². The average Bonchev–Trinajstić information content (AvgIpc) is 2.32. The van der Waals surface area contributed by atoms with Crippen molar-refractivity contribution in [2.45, 2.75) is 32.2 Å². The molecule has 1 aliphatic heterocycles. The predicted octanol–water partition coefficient (Wildman–Crippen LogP) is 0.376. The Kier molecular flexibility index (Phi) is 2.68. The molecule has 68 valence electrons. The topological polar surface area (TPSA) is 66.4 Å². The first-order valence-corrected chi connectivity index (χ1v) is 4.17. The van der Waals surface area contributed by atoms with Gasteiger partial charge in [-0.2, -0.15) is 0 Å². The van der Waals surface area contributed by atoms with E-state index in [1.165, 1.54) is 0 Å². The second-order valence-electron chi connectivity index (χ2n) is 3.14. The zero-order valence-corrected chi connectivity index (χ0v) is 7.04. The minimum atomic E-state index is -0.917. The molecule has 2 N–H and O–H groups in total. The van der Waals surface area contributed by atoms with Crippen LogP contribution in [-0.4, -0.2) is 23.0 Å². The molecule has 1 aliphatic rings. The molecule has 12 heavy (non-hydrogen) atoms. The number of aliphatic carboxylic acids is 1. The summed E-state index contributed by atoms with van der Waals surface area (Å²) in [5.41, 5.74) is 0. The van der Waals surface area contributed by atoms with Crippen LogP contribution in [0.15, 0.2) is 0 Å². The van der Waals surface area contributed by atoms with Crippen molar-refractivity contribution in [2.75, 3.05) is 0 Å². The zero-order chi connectivity index (χ0) is 9.14. The Morgan fingerprint density at radius 3 is 2.92 bits per heavy atom. The second kappa shape index (κ2) is 3.56. The van der Waals surface area contributed by atoms with Gasteiger partial charge in [-0.25, -0.2) is 4.79 Å². The Morgan fingerprint density at radius 2 is 2.42 bits per heavy atom. The molecule has 1 fully saturated rings. The molecule has 0 radical (unpaired) electrons. The summed E-state index contributed by atoms with van der Waals surface area (Å²) in [6, 6.07) is -0.655. The zero-order valence-electron chi connectivity index (χ0n) is 7.04. The number of carboxylic acids is 1. The van der Waals surface area contributed by atoms with Crippen LogP contribution in [0.2, 0.25) is 0 Å². The van der Waals surface area contributed by atoms with E-state index in [1.807, 2.05) is 6.92 Å². The molecule has 1 amide bonds. The number of rotatable bonds is 3. The summed E-state index contributed by atoms with van der Waals surface area (Å²) in [6.07, 6.45) is 2.09. The molecule has 0 unspecified atom stereocenters. The van der Waals surface area contributed by atoms with Crippen molar-refractivity contribution in [3.05, 3.63) is 0 Å². The highest BCUT2D eigenvalue weighted by Gasteiger charge is 2.36. The maximum absolute atomic E-state index is 10.9. The summed E-state index contributed by atoms with van der Waals surface area (Å²) in [6.45, 7) is 1.99. The van der Waals surface area contributed by atoms with Crippen molar-refractivity contribution in [1.29, 1.82) is 0 Å². The monoisotopic (exact) mass is 171 g/mol. The van der Waals surface area contributed by atoms with Crippen molar-refractivity contribution in [3.63, 3.8) is 0 Å². The predicted molar refractivity (Wildman–Crippen MR) is 42.6 cm³/mol. The smallest absolute Gasteiger partial charge is 0.326 e. The van der Waals surface area contributed by atoms with Crippen LogP contribution in [0.3, 0.4) is 0 Å². The van der Waals surface area contributed by atoms with Gasteiger partial charge in [-0.1, -0.05) is 13.3 Å². The molecule has 0 aliphatic carbocycles. The van der Waals surface area contributed by atoms with Crippen LogP contribution in [-0.2, 0) is 9.59 Å². The van der Waals surface area contributed by atoms with E-state index in [2.05, 4.69) is 5.32 Å². The molecule has 1 heterocycles. The fraction of sp³-hybridized carbons (Fsp3) is 0.750. The number of carbonyl (C=O) groups excluding carboxylic acids is 1. The Morgan fingerprint density at radius 1 is 1.75 bits per heavy atom. The lowest BCUT2D eigenvalue weighted by molar-refractivity contribution is -0.140. The maximum atomic E-state index is 10.9. The van der Waals surface area contributed by atoms with Crippen molar-refractivity contribution in [2.24, 2.45) is 5.92 Å². The summed E-state index contributed by atoms with van der Waals surface area (Å²) < 4.78 is 0. The summed E-state index contributed by atoms with van der Waals surface area (Å²) in [4.78, 5) is 21.5. The highest BCUT2D eigenvalue weighted by Crippen LogP contribution is 2.21. The van der Waals surface area contributed by atoms with E-state index in [-0.39, 0.29) is 11.8 Å². The molecule has 4 heteroatoms. The Hall–Kier alpha value is -1.06. The Labute approximate surface area is 71.0 Å².